The molecule has 0 saturated carbocycles. The van der Waals surface area contributed by atoms with Crippen molar-refractivity contribution in [1.29, 1.82) is 0 Å². The summed E-state index contributed by atoms with van der Waals surface area (Å²) in [7, 11) is 1.56. The Hall–Kier alpha value is -2.65. The minimum Gasteiger partial charge on any atom is -0.491 e. The third-order valence-corrected chi connectivity index (χ3v) is 3.01. The van der Waals surface area contributed by atoms with Gasteiger partial charge in [0, 0.05) is 44.9 Å². The maximum atomic E-state index is 11.4. The average molecular weight is 338 g/mol. The molecule has 1 amide bonds. The van der Waals surface area contributed by atoms with Crippen LogP contribution in [-0.2, 0) is 4.74 Å². The van der Waals surface area contributed by atoms with E-state index in [0.29, 0.717) is 26.1 Å². The number of hydrogen-bond acceptors (Lipinski definition) is 7. The lowest BCUT2D eigenvalue weighted by Gasteiger charge is -2.14. The number of nitro benzene ring substituents is 1. The number of amides is 1. The van der Waals surface area contributed by atoms with Gasteiger partial charge in [0.2, 0.25) is 5.91 Å². The van der Waals surface area contributed by atoms with Gasteiger partial charge >= 0.3 is 0 Å². The molecule has 0 heterocycles. The topological polar surface area (TPSA) is 143 Å². The minimum atomic E-state index is -0.769. The second-order valence-corrected chi connectivity index (χ2v) is 4.77. The van der Waals surface area contributed by atoms with Crippen molar-refractivity contribution in [1.82, 2.24) is 0 Å². The Bertz CT molecular complexity index is 604. The quantitative estimate of drug-likeness (QED) is 0.237. The van der Waals surface area contributed by atoms with Crippen molar-refractivity contribution in [3.63, 3.8) is 0 Å². The number of anilines is 1. The predicted molar refractivity (Wildman–Crippen MR) is 90.3 cm³/mol. The van der Waals surface area contributed by atoms with Crippen LogP contribution in [0.25, 0.3) is 0 Å². The van der Waals surface area contributed by atoms with E-state index >= 15 is 0 Å². The molecule has 0 fully saturated rings. The normalized spacial score (nSPS) is 10.8. The van der Waals surface area contributed by atoms with Gasteiger partial charge < -0.3 is 26.3 Å². The van der Waals surface area contributed by atoms with Gasteiger partial charge in [-0.25, -0.2) is 0 Å². The number of nitro groups is 1. The molecule has 5 N–H and O–H groups in total. The van der Waals surface area contributed by atoms with E-state index in [0.717, 1.165) is 6.07 Å². The van der Waals surface area contributed by atoms with Crippen LogP contribution in [0.3, 0.4) is 0 Å². The standard InChI is InChI=1S/C15H22N4O5/c1-23-7-4-8-24-13-10-11(15(17)20)9-12(19(21)22)14(13)18-6-3-2-5-16/h2-3,9-10,18H,4-8,16H2,1H3,(H2,17,20)/b3-2+. The van der Waals surface area contributed by atoms with Crippen LogP contribution in [0.5, 0.6) is 5.75 Å². The maximum Gasteiger partial charge on any atom is 0.296 e. The van der Waals surface area contributed by atoms with Crippen molar-refractivity contribution in [3.05, 3.63) is 40.0 Å². The number of primary amides is 1. The van der Waals surface area contributed by atoms with Crippen molar-refractivity contribution < 1.29 is 19.2 Å². The average Bonchev–Trinajstić information content (AvgIpc) is 2.55. The van der Waals surface area contributed by atoms with Crippen molar-refractivity contribution in [3.8, 4) is 5.75 Å². The summed E-state index contributed by atoms with van der Waals surface area (Å²) >= 11 is 0. The molecule has 0 atom stereocenters. The molecule has 0 aromatic heterocycles. The van der Waals surface area contributed by atoms with Crippen LogP contribution in [0.15, 0.2) is 24.3 Å². The van der Waals surface area contributed by atoms with Crippen LogP contribution in [-0.4, -0.2) is 44.2 Å². The number of benzene rings is 1. The second-order valence-electron chi connectivity index (χ2n) is 4.77. The Morgan fingerprint density at radius 1 is 1.38 bits per heavy atom. The van der Waals surface area contributed by atoms with Gasteiger partial charge in [-0.3, -0.25) is 14.9 Å². The predicted octanol–water partition coefficient (Wildman–Crippen LogP) is 1.04. The number of rotatable bonds is 11. The SMILES string of the molecule is COCCCOc1cc(C(N)=O)cc([N+](=O)[O-])c1NC/C=C/CN. The fraction of sp³-hybridized carbons (Fsp3) is 0.400. The molecule has 0 radical (unpaired) electrons. The van der Waals surface area contributed by atoms with Gasteiger partial charge in [0.25, 0.3) is 5.69 Å². The van der Waals surface area contributed by atoms with Crippen molar-refractivity contribution in [2.75, 3.05) is 38.7 Å². The summed E-state index contributed by atoms with van der Waals surface area (Å²) in [5, 5.41) is 14.2. The molecule has 24 heavy (non-hydrogen) atoms. The van der Waals surface area contributed by atoms with Gasteiger partial charge in [-0.1, -0.05) is 12.2 Å². The van der Waals surface area contributed by atoms with Crippen LogP contribution >= 0.6 is 0 Å². The lowest BCUT2D eigenvalue weighted by molar-refractivity contribution is -0.384. The lowest BCUT2D eigenvalue weighted by atomic mass is 10.1. The molecule has 1 rings (SSSR count). The number of ether oxygens (including phenoxy) is 2. The molecule has 1 aromatic carbocycles. The fourth-order valence-electron chi connectivity index (χ4n) is 1.90. The van der Waals surface area contributed by atoms with E-state index in [2.05, 4.69) is 5.32 Å². The molecule has 1 aromatic rings. The highest BCUT2D eigenvalue weighted by atomic mass is 16.6. The molecule has 0 spiro atoms. The van der Waals surface area contributed by atoms with Gasteiger partial charge in [-0.15, -0.1) is 0 Å². The van der Waals surface area contributed by atoms with E-state index in [-0.39, 0.29) is 29.3 Å². The molecule has 0 saturated heterocycles. The Labute approximate surface area is 139 Å². The molecule has 9 heteroatoms. The van der Waals surface area contributed by atoms with Crippen molar-refractivity contribution in [2.24, 2.45) is 11.5 Å². The van der Waals surface area contributed by atoms with Crippen LogP contribution in [0.2, 0.25) is 0 Å². The zero-order valence-corrected chi connectivity index (χ0v) is 13.5. The lowest BCUT2D eigenvalue weighted by Crippen LogP contribution is -2.14. The summed E-state index contributed by atoms with van der Waals surface area (Å²) in [6, 6.07) is 2.51. The number of hydrogen-bond donors (Lipinski definition) is 3. The Morgan fingerprint density at radius 2 is 2.12 bits per heavy atom. The van der Waals surface area contributed by atoms with Crippen LogP contribution in [0.4, 0.5) is 11.4 Å². The number of nitrogens with one attached hydrogen (secondary N) is 1. The third kappa shape index (κ3) is 5.86. The Kier molecular flexibility index (Phi) is 8.23. The number of nitrogens with zero attached hydrogens (tertiary/aromatic N) is 1. The molecule has 0 bridgehead atoms. The third-order valence-electron chi connectivity index (χ3n) is 3.01. The first-order chi connectivity index (χ1) is 11.5. The first-order valence-corrected chi connectivity index (χ1v) is 7.34. The van der Waals surface area contributed by atoms with E-state index in [1.54, 1.807) is 19.3 Å². The summed E-state index contributed by atoms with van der Waals surface area (Å²) < 4.78 is 10.5. The molecular weight excluding hydrogens is 316 g/mol. The highest BCUT2D eigenvalue weighted by molar-refractivity contribution is 5.95. The van der Waals surface area contributed by atoms with Gasteiger partial charge in [0.1, 0.15) is 5.75 Å². The first kappa shape index (κ1) is 19.4. The van der Waals surface area contributed by atoms with Crippen LogP contribution in [0, 0.1) is 10.1 Å². The molecular formula is C15H22N4O5. The van der Waals surface area contributed by atoms with E-state index in [1.165, 1.54) is 6.07 Å². The van der Waals surface area contributed by atoms with E-state index in [4.69, 9.17) is 20.9 Å². The molecule has 0 aliphatic heterocycles. The highest BCUT2D eigenvalue weighted by Crippen LogP contribution is 2.36. The van der Waals surface area contributed by atoms with Gasteiger partial charge in [-0.05, 0) is 6.07 Å². The van der Waals surface area contributed by atoms with E-state index in [1.807, 2.05) is 0 Å². The number of carbonyl (C=O) groups is 1. The zero-order chi connectivity index (χ0) is 17.9. The summed E-state index contributed by atoms with van der Waals surface area (Å²) in [6.07, 6.45) is 4.05. The smallest absolute Gasteiger partial charge is 0.296 e. The minimum absolute atomic E-state index is 0.00601. The number of methoxy groups -OCH3 is 1. The monoisotopic (exact) mass is 338 g/mol. The van der Waals surface area contributed by atoms with Crippen LogP contribution < -0.4 is 21.5 Å². The molecule has 0 unspecified atom stereocenters. The molecule has 0 aliphatic carbocycles. The largest absolute Gasteiger partial charge is 0.491 e. The summed E-state index contributed by atoms with van der Waals surface area (Å²) in [5.41, 5.74) is 10.5. The fourth-order valence-corrected chi connectivity index (χ4v) is 1.90. The highest BCUT2D eigenvalue weighted by Gasteiger charge is 2.22. The Morgan fingerprint density at radius 3 is 2.71 bits per heavy atom. The molecule has 0 aliphatic rings. The van der Waals surface area contributed by atoms with Gasteiger partial charge in [0.15, 0.2) is 5.69 Å². The Balaban J connectivity index is 3.13. The van der Waals surface area contributed by atoms with Gasteiger partial charge in [-0.2, -0.15) is 0 Å². The zero-order valence-electron chi connectivity index (χ0n) is 13.5. The van der Waals surface area contributed by atoms with Crippen molar-refractivity contribution in [2.45, 2.75) is 6.42 Å². The van der Waals surface area contributed by atoms with E-state index in [9.17, 15) is 14.9 Å². The maximum absolute atomic E-state index is 11.4. The van der Waals surface area contributed by atoms with Crippen LogP contribution in [0.1, 0.15) is 16.8 Å². The number of carbonyl (C=O) groups excluding carboxylic acids is 1. The molecule has 132 valence electrons. The molecule has 9 nitrogen and oxygen atoms in total. The van der Waals surface area contributed by atoms with Gasteiger partial charge in [0.05, 0.1) is 11.5 Å². The van der Waals surface area contributed by atoms with Crippen molar-refractivity contribution >= 4 is 17.3 Å². The second kappa shape index (κ2) is 10.2. The summed E-state index contributed by atoms with van der Waals surface area (Å²) in [4.78, 5) is 22.1. The summed E-state index contributed by atoms with van der Waals surface area (Å²) in [6.45, 7) is 1.45. The van der Waals surface area contributed by atoms with E-state index < -0.39 is 10.8 Å². The number of nitrogens with two attached hydrogens (primary N) is 2. The first-order valence-electron chi connectivity index (χ1n) is 7.34. The summed E-state index contributed by atoms with van der Waals surface area (Å²) in [5.74, 6) is -0.579.